The molecule has 0 spiro atoms. The third-order valence-electron chi connectivity index (χ3n) is 1.45. The van der Waals surface area contributed by atoms with Crippen molar-refractivity contribution in [2.24, 2.45) is 0 Å². The molecule has 0 bridgehead atoms. The summed E-state index contributed by atoms with van der Waals surface area (Å²) in [6, 6.07) is 0. The van der Waals surface area contributed by atoms with Gasteiger partial charge in [0.2, 0.25) is 0 Å². The topological polar surface area (TPSA) is 35.6 Å². The molecular formula is C7H8CaN4S. The van der Waals surface area contributed by atoms with E-state index in [9.17, 15) is 0 Å². The number of hydrogen-bond donors (Lipinski definition) is 0. The van der Waals surface area contributed by atoms with E-state index in [-0.39, 0.29) is 37.7 Å². The van der Waals surface area contributed by atoms with Crippen LogP contribution < -0.4 is 0 Å². The van der Waals surface area contributed by atoms with Crippen molar-refractivity contribution in [1.82, 2.24) is 19.1 Å². The fraction of sp³-hybridized carbons (Fsp3) is 0. The van der Waals surface area contributed by atoms with Crippen molar-refractivity contribution < 1.29 is 0 Å². The van der Waals surface area contributed by atoms with Gasteiger partial charge in [0, 0.05) is 24.8 Å². The predicted octanol–water partition coefficient (Wildman–Crippen LogP) is -0.155. The van der Waals surface area contributed by atoms with E-state index in [0.29, 0.717) is 5.11 Å². The molecule has 2 heterocycles. The maximum absolute atomic E-state index is 5.14. The van der Waals surface area contributed by atoms with Gasteiger partial charge < -0.3 is 0 Å². The molecule has 2 rings (SSSR count). The normalized spacial score (nSPS) is 9.23. The first-order valence-corrected chi connectivity index (χ1v) is 3.79. The van der Waals surface area contributed by atoms with Gasteiger partial charge >= 0.3 is 37.7 Å². The SMILES string of the molecule is S=C(n1ccnc1)n1ccnc1.[CaH2]. The van der Waals surface area contributed by atoms with Crippen molar-refractivity contribution in [3.63, 3.8) is 0 Å². The van der Waals surface area contributed by atoms with Crippen molar-refractivity contribution >= 4 is 55.1 Å². The Morgan fingerprint density at radius 1 is 1.00 bits per heavy atom. The van der Waals surface area contributed by atoms with Crippen LogP contribution in [0.4, 0.5) is 0 Å². The van der Waals surface area contributed by atoms with Crippen LogP contribution in [0, 0.1) is 0 Å². The molecule has 0 amide bonds. The molecule has 4 nitrogen and oxygen atoms in total. The molecular weight excluding hydrogens is 212 g/mol. The summed E-state index contributed by atoms with van der Waals surface area (Å²) in [4.78, 5) is 7.79. The zero-order valence-corrected chi connectivity index (χ0v) is 6.98. The van der Waals surface area contributed by atoms with E-state index >= 15 is 0 Å². The van der Waals surface area contributed by atoms with Crippen LogP contribution in [0.15, 0.2) is 37.4 Å². The van der Waals surface area contributed by atoms with Crippen molar-refractivity contribution in [2.45, 2.75) is 0 Å². The maximum atomic E-state index is 5.14. The number of thiocarbonyl (C=S) groups is 1. The van der Waals surface area contributed by atoms with Gasteiger partial charge in [0.15, 0.2) is 5.11 Å². The van der Waals surface area contributed by atoms with E-state index in [2.05, 4.69) is 9.97 Å². The second-order valence-electron chi connectivity index (χ2n) is 2.22. The molecule has 2 aromatic rings. The van der Waals surface area contributed by atoms with Gasteiger partial charge in [0.05, 0.1) is 0 Å². The zero-order valence-electron chi connectivity index (χ0n) is 6.16. The second kappa shape index (κ2) is 4.85. The fourth-order valence-electron chi connectivity index (χ4n) is 0.878. The van der Waals surface area contributed by atoms with Gasteiger partial charge in [-0.2, -0.15) is 0 Å². The summed E-state index contributed by atoms with van der Waals surface area (Å²) < 4.78 is 3.49. The van der Waals surface area contributed by atoms with Crippen molar-refractivity contribution in [3.05, 3.63) is 37.4 Å². The minimum atomic E-state index is 0. The Kier molecular flexibility index (Phi) is 4.05. The third kappa shape index (κ3) is 2.37. The first-order chi connectivity index (χ1) is 5.88. The Balaban J connectivity index is 0.000000845. The van der Waals surface area contributed by atoms with Crippen LogP contribution in [-0.2, 0) is 0 Å². The number of nitrogens with zero attached hydrogens (tertiary/aromatic N) is 4. The number of aromatic nitrogens is 4. The summed E-state index contributed by atoms with van der Waals surface area (Å²) in [6.07, 6.45) is 10.3. The number of rotatable bonds is 0. The van der Waals surface area contributed by atoms with E-state index < -0.39 is 0 Å². The van der Waals surface area contributed by atoms with Crippen LogP contribution in [0.3, 0.4) is 0 Å². The van der Waals surface area contributed by atoms with Crippen LogP contribution in [-0.4, -0.2) is 62.0 Å². The average Bonchev–Trinajstić information content (AvgIpc) is 2.77. The van der Waals surface area contributed by atoms with Crippen LogP contribution in [0.1, 0.15) is 0 Å². The van der Waals surface area contributed by atoms with E-state index in [1.54, 1.807) is 46.6 Å². The van der Waals surface area contributed by atoms with E-state index in [1.165, 1.54) is 0 Å². The van der Waals surface area contributed by atoms with Crippen LogP contribution in [0.2, 0.25) is 0 Å². The number of imidazole rings is 2. The molecule has 0 fully saturated rings. The quantitative estimate of drug-likeness (QED) is 0.457. The molecule has 0 N–H and O–H groups in total. The molecule has 0 aromatic carbocycles. The Morgan fingerprint density at radius 3 is 1.77 bits per heavy atom. The Hall–Kier alpha value is -0.230. The van der Waals surface area contributed by atoms with Gasteiger partial charge in [-0.15, -0.1) is 0 Å². The first-order valence-electron chi connectivity index (χ1n) is 3.38. The monoisotopic (exact) mass is 220 g/mol. The van der Waals surface area contributed by atoms with Crippen molar-refractivity contribution in [1.29, 1.82) is 0 Å². The molecule has 0 radical (unpaired) electrons. The molecule has 0 unspecified atom stereocenters. The van der Waals surface area contributed by atoms with E-state index in [4.69, 9.17) is 12.2 Å². The minimum absolute atomic E-state index is 0. The summed E-state index contributed by atoms with van der Waals surface area (Å²) in [7, 11) is 0. The standard InChI is InChI=1S/C7H6N4S.Ca.2H/c12-7(10-3-1-8-5-10)11-4-2-9-6-11;;;/h1-6H;;;. The van der Waals surface area contributed by atoms with E-state index in [0.717, 1.165) is 0 Å². The van der Waals surface area contributed by atoms with Crippen LogP contribution in [0.25, 0.3) is 0 Å². The number of hydrogen-bond acceptors (Lipinski definition) is 3. The molecule has 0 aliphatic carbocycles. The Morgan fingerprint density at radius 2 is 1.46 bits per heavy atom. The molecule has 2 aromatic heterocycles. The molecule has 0 atom stereocenters. The van der Waals surface area contributed by atoms with Gasteiger partial charge in [-0.05, 0) is 12.2 Å². The van der Waals surface area contributed by atoms with Crippen molar-refractivity contribution in [3.8, 4) is 0 Å². The molecule has 6 heteroatoms. The van der Waals surface area contributed by atoms with Gasteiger partial charge in [0.25, 0.3) is 0 Å². The molecule has 64 valence electrons. The predicted molar refractivity (Wildman–Crippen MR) is 56.4 cm³/mol. The molecule has 0 aliphatic rings. The Labute approximate surface area is 111 Å². The Bertz CT molecular complexity index is 331. The fourth-order valence-corrected chi connectivity index (χ4v) is 1.09. The van der Waals surface area contributed by atoms with E-state index in [1.807, 2.05) is 0 Å². The van der Waals surface area contributed by atoms with Crippen LogP contribution >= 0.6 is 12.2 Å². The summed E-state index contributed by atoms with van der Waals surface area (Å²) in [5.41, 5.74) is 0. The molecule has 0 aliphatic heterocycles. The zero-order chi connectivity index (χ0) is 8.39. The summed E-state index contributed by atoms with van der Waals surface area (Å²) in [6.45, 7) is 0. The van der Waals surface area contributed by atoms with Gasteiger partial charge in [0.1, 0.15) is 12.7 Å². The van der Waals surface area contributed by atoms with Gasteiger partial charge in [-0.25, -0.2) is 9.97 Å². The first kappa shape index (κ1) is 10.8. The van der Waals surface area contributed by atoms with Gasteiger partial charge in [-0.1, -0.05) is 0 Å². The second-order valence-corrected chi connectivity index (χ2v) is 2.59. The van der Waals surface area contributed by atoms with Gasteiger partial charge in [-0.3, -0.25) is 9.13 Å². The third-order valence-corrected chi connectivity index (χ3v) is 1.87. The average molecular weight is 220 g/mol. The van der Waals surface area contributed by atoms with Crippen LogP contribution in [0.5, 0.6) is 0 Å². The molecule has 0 saturated heterocycles. The molecule has 13 heavy (non-hydrogen) atoms. The summed E-state index contributed by atoms with van der Waals surface area (Å²) in [5.74, 6) is 0. The summed E-state index contributed by atoms with van der Waals surface area (Å²) in [5, 5.41) is 0.644. The summed E-state index contributed by atoms with van der Waals surface area (Å²) >= 11 is 5.14. The van der Waals surface area contributed by atoms with Crippen molar-refractivity contribution in [2.75, 3.05) is 0 Å². The molecule has 0 saturated carbocycles.